The third-order valence-corrected chi connectivity index (χ3v) is 3.82. The minimum Gasteiger partial charge on any atom is -0.394 e. The van der Waals surface area contributed by atoms with Crippen molar-refractivity contribution >= 4 is 16.9 Å². The molecular weight excluding hydrogens is 236 g/mol. The van der Waals surface area contributed by atoms with Crippen molar-refractivity contribution in [3.63, 3.8) is 0 Å². The topological polar surface area (TPSA) is 107 Å². The fraction of sp³-hybridized carbons (Fsp3) is 0.889. The second-order valence-corrected chi connectivity index (χ2v) is 4.91. The molecule has 1 aliphatic heterocycles. The maximum absolute atomic E-state index is 11.2. The summed E-state index contributed by atoms with van der Waals surface area (Å²) < 4.78 is 4.93. The van der Waals surface area contributed by atoms with Gasteiger partial charge in [-0.1, -0.05) is 6.92 Å². The summed E-state index contributed by atoms with van der Waals surface area (Å²) in [4.78, 5) is 9.23. The van der Waals surface area contributed by atoms with Crippen LogP contribution in [0.4, 0.5) is 0 Å². The lowest BCUT2D eigenvalue weighted by Gasteiger charge is -2.43. The summed E-state index contributed by atoms with van der Waals surface area (Å²) in [5, 5.41) is 37.9. The van der Waals surface area contributed by atoms with E-state index in [-0.39, 0.29) is 18.1 Å². The number of carbonyl (C=O) groups excluding carboxylic acids is 1. The van der Waals surface area contributed by atoms with Crippen LogP contribution in [0, 0.1) is 0 Å². The third kappa shape index (κ3) is 2.55. The molecule has 0 aromatic heterocycles. The molecule has 1 fully saturated rings. The van der Waals surface area contributed by atoms with Gasteiger partial charge < -0.3 is 25.2 Å². The minimum atomic E-state index is -2.02. The summed E-state index contributed by atoms with van der Waals surface area (Å²) in [7, 11) is 0. The van der Waals surface area contributed by atoms with E-state index < -0.39 is 29.9 Å². The first-order chi connectivity index (χ1) is 7.45. The summed E-state index contributed by atoms with van der Waals surface area (Å²) >= 11 is 0.484. The Morgan fingerprint density at radius 1 is 1.56 bits per heavy atom. The zero-order chi connectivity index (χ0) is 12.3. The van der Waals surface area contributed by atoms with Gasteiger partial charge in [0.25, 0.3) is 0 Å². The standard InChI is InChI=1S/C9H16O6S/c1-2-7(12)16-9(14)6(11)4-15-5(3-10)8(9)13/h5-6,8,10-11,13-14H,2-4H2,1H3/t5-,6+,8+,9-/m1/s1. The van der Waals surface area contributed by atoms with Crippen molar-refractivity contribution in [2.24, 2.45) is 0 Å². The molecule has 0 spiro atoms. The van der Waals surface area contributed by atoms with Crippen LogP contribution in [0.3, 0.4) is 0 Å². The molecule has 0 radical (unpaired) electrons. The maximum Gasteiger partial charge on any atom is 0.191 e. The molecule has 94 valence electrons. The van der Waals surface area contributed by atoms with Crippen molar-refractivity contribution in [3.05, 3.63) is 0 Å². The van der Waals surface area contributed by atoms with Crippen LogP contribution in [0.5, 0.6) is 0 Å². The van der Waals surface area contributed by atoms with Crippen LogP contribution in [0.1, 0.15) is 13.3 Å². The number of ether oxygens (including phenoxy) is 1. The number of rotatable bonds is 3. The Morgan fingerprint density at radius 3 is 2.69 bits per heavy atom. The first-order valence-electron chi connectivity index (χ1n) is 4.98. The molecule has 7 heteroatoms. The lowest BCUT2D eigenvalue weighted by Crippen LogP contribution is -2.62. The molecule has 16 heavy (non-hydrogen) atoms. The van der Waals surface area contributed by atoms with Crippen molar-refractivity contribution in [2.45, 2.75) is 36.6 Å². The maximum atomic E-state index is 11.2. The van der Waals surface area contributed by atoms with Crippen molar-refractivity contribution in [3.8, 4) is 0 Å². The van der Waals surface area contributed by atoms with Crippen molar-refractivity contribution in [2.75, 3.05) is 13.2 Å². The van der Waals surface area contributed by atoms with E-state index in [2.05, 4.69) is 0 Å². The normalized spacial score (nSPS) is 39.7. The number of hydrogen-bond acceptors (Lipinski definition) is 7. The molecule has 1 saturated heterocycles. The first kappa shape index (κ1) is 13.9. The highest BCUT2D eigenvalue weighted by molar-refractivity contribution is 8.14. The highest BCUT2D eigenvalue weighted by Gasteiger charge is 2.52. The van der Waals surface area contributed by atoms with Crippen LogP contribution in [0.2, 0.25) is 0 Å². The lowest BCUT2D eigenvalue weighted by molar-refractivity contribution is -0.209. The summed E-state index contributed by atoms with van der Waals surface area (Å²) in [5.41, 5.74) is 0. The Balaban J connectivity index is 2.82. The van der Waals surface area contributed by atoms with Gasteiger partial charge in [-0.3, -0.25) is 4.79 Å². The average Bonchev–Trinajstić information content (AvgIpc) is 2.27. The van der Waals surface area contributed by atoms with E-state index >= 15 is 0 Å². The van der Waals surface area contributed by atoms with Gasteiger partial charge in [-0.25, -0.2) is 0 Å². The van der Waals surface area contributed by atoms with Gasteiger partial charge in [-0.05, 0) is 11.8 Å². The van der Waals surface area contributed by atoms with E-state index in [1.165, 1.54) is 0 Å². The SMILES string of the molecule is CCC(=O)S[C@]1(O)[C@@H](O)CO[C@H](CO)[C@@H]1O. The minimum absolute atomic E-state index is 0.178. The zero-order valence-corrected chi connectivity index (χ0v) is 9.68. The Kier molecular flexibility index (Phi) is 4.72. The predicted molar refractivity (Wildman–Crippen MR) is 56.7 cm³/mol. The molecule has 4 N–H and O–H groups in total. The first-order valence-corrected chi connectivity index (χ1v) is 5.80. The second kappa shape index (κ2) is 5.44. The van der Waals surface area contributed by atoms with E-state index in [0.717, 1.165) is 0 Å². The largest absolute Gasteiger partial charge is 0.394 e. The molecule has 0 aliphatic carbocycles. The molecule has 1 aliphatic rings. The fourth-order valence-electron chi connectivity index (χ4n) is 1.42. The van der Waals surface area contributed by atoms with Gasteiger partial charge in [-0.15, -0.1) is 0 Å². The molecule has 0 aromatic carbocycles. The molecule has 0 saturated carbocycles. The van der Waals surface area contributed by atoms with Gasteiger partial charge in [0.1, 0.15) is 18.3 Å². The zero-order valence-electron chi connectivity index (χ0n) is 8.87. The summed E-state index contributed by atoms with van der Waals surface area (Å²) in [5.74, 6) is 0. The van der Waals surface area contributed by atoms with E-state index in [4.69, 9.17) is 9.84 Å². The summed E-state index contributed by atoms with van der Waals surface area (Å²) in [6.07, 6.45) is -3.70. The van der Waals surface area contributed by atoms with Crippen LogP contribution in [0.25, 0.3) is 0 Å². The van der Waals surface area contributed by atoms with Gasteiger partial charge in [-0.2, -0.15) is 0 Å². The number of aliphatic hydroxyl groups excluding tert-OH is 3. The molecule has 0 amide bonds. The van der Waals surface area contributed by atoms with Crippen LogP contribution in [-0.4, -0.2) is 62.0 Å². The molecule has 4 atom stereocenters. The van der Waals surface area contributed by atoms with E-state index in [1.807, 2.05) is 0 Å². The molecule has 0 aromatic rings. The molecule has 0 bridgehead atoms. The van der Waals surface area contributed by atoms with Crippen molar-refractivity contribution in [1.82, 2.24) is 0 Å². The van der Waals surface area contributed by atoms with Gasteiger partial charge in [0.2, 0.25) is 0 Å². The van der Waals surface area contributed by atoms with Crippen LogP contribution in [-0.2, 0) is 9.53 Å². The van der Waals surface area contributed by atoms with E-state index in [0.29, 0.717) is 11.8 Å². The monoisotopic (exact) mass is 252 g/mol. The quantitative estimate of drug-likeness (QED) is 0.451. The highest BCUT2D eigenvalue weighted by Crippen LogP contribution is 2.36. The number of thioether (sulfide) groups is 1. The number of hydrogen-bond donors (Lipinski definition) is 4. The Labute approximate surface area is 97.2 Å². The van der Waals surface area contributed by atoms with Crippen LogP contribution < -0.4 is 0 Å². The average molecular weight is 252 g/mol. The van der Waals surface area contributed by atoms with Crippen molar-refractivity contribution in [1.29, 1.82) is 0 Å². The lowest BCUT2D eigenvalue weighted by atomic mass is 10.00. The molecular formula is C9H16O6S. The number of carbonyl (C=O) groups is 1. The predicted octanol–water partition coefficient (Wildman–Crippen LogP) is -1.54. The summed E-state index contributed by atoms with van der Waals surface area (Å²) in [6, 6.07) is 0. The van der Waals surface area contributed by atoms with Crippen LogP contribution in [0.15, 0.2) is 0 Å². The second-order valence-electron chi connectivity index (χ2n) is 3.59. The Hall–Kier alpha value is -0.180. The Bertz CT molecular complexity index is 260. The molecule has 1 rings (SSSR count). The molecule has 0 unspecified atom stereocenters. The van der Waals surface area contributed by atoms with Gasteiger partial charge in [0, 0.05) is 6.42 Å². The molecule has 1 heterocycles. The van der Waals surface area contributed by atoms with Gasteiger partial charge in [0.15, 0.2) is 10.0 Å². The van der Waals surface area contributed by atoms with E-state index in [9.17, 15) is 20.1 Å². The third-order valence-electron chi connectivity index (χ3n) is 2.47. The van der Waals surface area contributed by atoms with E-state index in [1.54, 1.807) is 6.92 Å². The smallest absolute Gasteiger partial charge is 0.191 e. The van der Waals surface area contributed by atoms with Crippen molar-refractivity contribution < 1.29 is 30.0 Å². The fourth-order valence-corrected chi connectivity index (χ4v) is 2.41. The highest BCUT2D eigenvalue weighted by atomic mass is 32.2. The summed E-state index contributed by atoms with van der Waals surface area (Å²) in [6.45, 7) is 0.889. The Morgan fingerprint density at radius 2 is 2.19 bits per heavy atom. The molecule has 6 nitrogen and oxygen atoms in total. The van der Waals surface area contributed by atoms with Gasteiger partial charge in [0.05, 0.1) is 13.2 Å². The van der Waals surface area contributed by atoms with Crippen LogP contribution >= 0.6 is 11.8 Å². The number of aliphatic hydroxyl groups is 4. The van der Waals surface area contributed by atoms with Gasteiger partial charge >= 0.3 is 0 Å².